The monoisotopic (exact) mass is 602 g/mol. The maximum Gasteiger partial charge on any atom is 0.305 e. The van der Waals surface area contributed by atoms with Gasteiger partial charge in [-0.3, -0.25) is 4.79 Å². The van der Waals surface area contributed by atoms with E-state index >= 15 is 0 Å². The predicted octanol–water partition coefficient (Wildman–Crippen LogP) is 5.35. The molecular weight excluding hydrogens is 556 g/mol. The number of carbonyl (C=O) groups is 1. The number of allylic oxidation sites excluding steroid dienone is 2. The molecule has 1 aromatic rings. The second kappa shape index (κ2) is 20.7. The lowest BCUT2D eigenvalue weighted by Crippen LogP contribution is -2.35. The van der Waals surface area contributed by atoms with Crippen molar-refractivity contribution in [3.05, 3.63) is 68.9 Å². The second-order valence-electron chi connectivity index (χ2n) is 11.4. The Morgan fingerprint density at radius 2 is 1.67 bits per heavy atom. The fourth-order valence-corrected chi connectivity index (χ4v) is 5.32. The maximum atomic E-state index is 12.3. The summed E-state index contributed by atoms with van der Waals surface area (Å²) in [5.41, 5.74) is 17.2. The summed E-state index contributed by atoms with van der Waals surface area (Å²) >= 11 is 0. The van der Waals surface area contributed by atoms with E-state index in [9.17, 15) is 20.1 Å². The summed E-state index contributed by atoms with van der Waals surface area (Å²) in [5.74, 6) is -0.510. The van der Waals surface area contributed by atoms with Gasteiger partial charge in [-0.25, -0.2) is 0 Å². The molecule has 0 spiro atoms. The van der Waals surface area contributed by atoms with Gasteiger partial charge in [-0.2, -0.15) is 0 Å². The van der Waals surface area contributed by atoms with Crippen LogP contribution in [-0.4, -0.2) is 72.9 Å². The number of aliphatic hydroxyl groups is 3. The number of unbranched alkanes of at least 4 members (excludes halogenated alkanes) is 1. The van der Waals surface area contributed by atoms with Gasteiger partial charge in [0.25, 0.3) is 0 Å². The van der Waals surface area contributed by atoms with Gasteiger partial charge < -0.3 is 29.5 Å². The van der Waals surface area contributed by atoms with E-state index in [2.05, 4.69) is 20.1 Å². The molecule has 43 heavy (non-hydrogen) atoms. The van der Waals surface area contributed by atoms with Gasteiger partial charge in [0.1, 0.15) is 20.1 Å². The largest absolute Gasteiger partial charge is 0.465 e. The lowest BCUT2D eigenvalue weighted by molar-refractivity contribution is -0.150. The van der Waals surface area contributed by atoms with E-state index in [1.807, 2.05) is 42.5 Å². The van der Waals surface area contributed by atoms with E-state index in [1.165, 1.54) is 5.56 Å². The first kappa shape index (κ1) is 36.0. The van der Waals surface area contributed by atoms with Crippen LogP contribution in [0.2, 0.25) is 0 Å². The molecule has 3 N–H and O–H groups in total. The Morgan fingerprint density at radius 1 is 1.02 bits per heavy atom. The lowest BCUT2D eigenvalue weighted by atomic mass is 9.85. The van der Waals surface area contributed by atoms with Crippen LogP contribution < -0.4 is 0 Å². The van der Waals surface area contributed by atoms with Crippen molar-refractivity contribution in [1.29, 1.82) is 0 Å². The van der Waals surface area contributed by atoms with Crippen LogP contribution in [0.5, 0.6) is 0 Å². The highest BCUT2D eigenvalue weighted by Crippen LogP contribution is 2.38. The number of esters is 1. The zero-order valence-electron chi connectivity index (χ0n) is 25.0. The fraction of sp³-hybridized carbons (Fsp3) is 0.700. The number of rotatable bonds is 22. The molecule has 1 saturated carbocycles. The van der Waals surface area contributed by atoms with Crippen LogP contribution in [0.1, 0.15) is 63.9 Å². The Hall–Kier alpha value is -3.15. The van der Waals surface area contributed by atoms with Gasteiger partial charge >= 0.3 is 5.97 Å². The van der Waals surface area contributed by atoms with Crippen molar-refractivity contribution in [3.63, 3.8) is 0 Å². The molecule has 1 fully saturated rings. The summed E-state index contributed by atoms with van der Waals surface area (Å²) < 4.78 is 16.1. The Labute approximate surface area is 253 Å². The normalized spacial score (nSPS) is 22.0. The number of benzene rings is 1. The van der Waals surface area contributed by atoms with Gasteiger partial charge in [0.15, 0.2) is 0 Å². The molecule has 238 valence electrons. The quantitative estimate of drug-likeness (QED) is 0.0396. The summed E-state index contributed by atoms with van der Waals surface area (Å²) in [6.07, 6.45) is 7.50. The van der Waals surface area contributed by atoms with Crippen molar-refractivity contribution in [1.82, 2.24) is 0 Å². The third-order valence-electron chi connectivity index (χ3n) is 7.70. The number of aryl methyl sites for hydroxylation is 1. The molecule has 0 amide bonds. The van der Waals surface area contributed by atoms with Crippen LogP contribution in [0.4, 0.5) is 0 Å². The van der Waals surface area contributed by atoms with E-state index < -0.39 is 23.7 Å². The third kappa shape index (κ3) is 14.7. The van der Waals surface area contributed by atoms with Crippen LogP contribution in [-0.2, 0) is 25.4 Å². The molecular formula is C30H46N6O7. The van der Waals surface area contributed by atoms with Gasteiger partial charge in [0, 0.05) is 21.7 Å². The van der Waals surface area contributed by atoms with Gasteiger partial charge in [-0.05, 0) is 79.8 Å². The standard InChI is InChI=1S/C30H46N6O7/c1-30(18-41-21-33-35-31,19-42-22-34-36-32)20-43-29(40)12-8-3-2-7-11-25-26(28(39)17-27(25)38)16-15-24(37)14-13-23-9-5-4-6-10-23/h2,4-7,9-10,24-28,37-39H,3,8,11-22H2,1H3/b7-2-/t24-,25+,26+,27-,28+/m0/s1. The van der Waals surface area contributed by atoms with E-state index in [0.29, 0.717) is 44.9 Å². The summed E-state index contributed by atoms with van der Waals surface area (Å²) in [7, 11) is 0. The molecule has 13 heteroatoms. The molecule has 2 rings (SSSR count). The zero-order valence-corrected chi connectivity index (χ0v) is 25.0. The van der Waals surface area contributed by atoms with Crippen molar-refractivity contribution in [2.45, 2.75) is 83.0 Å². The molecule has 0 aromatic heterocycles. The molecule has 0 unspecified atom stereocenters. The van der Waals surface area contributed by atoms with Crippen molar-refractivity contribution >= 4 is 5.97 Å². The highest BCUT2D eigenvalue weighted by atomic mass is 16.5. The summed E-state index contributed by atoms with van der Waals surface area (Å²) in [6, 6.07) is 10.0. The van der Waals surface area contributed by atoms with Gasteiger partial charge in [0.05, 0.1) is 31.5 Å². The molecule has 1 aromatic carbocycles. The van der Waals surface area contributed by atoms with Crippen molar-refractivity contribution < 1.29 is 34.3 Å². The zero-order chi connectivity index (χ0) is 31.3. The SMILES string of the molecule is CC(COCN=[N+]=[N-])(COCN=[N+]=[N-])COC(=O)CCC/C=C\C[C@@H]1[C@@H](CC[C@@H](O)CCc2ccccc2)[C@H](O)C[C@@H]1O. The summed E-state index contributed by atoms with van der Waals surface area (Å²) in [4.78, 5) is 17.6. The number of aliphatic hydroxyl groups excluding tert-OH is 3. The average Bonchev–Trinajstić information content (AvgIpc) is 3.28. The number of ether oxygens (including phenoxy) is 3. The number of nitrogens with zero attached hydrogens (tertiary/aromatic N) is 6. The molecule has 1 aliphatic carbocycles. The minimum atomic E-state index is -0.729. The summed E-state index contributed by atoms with van der Waals surface area (Å²) in [6.45, 7) is 1.66. The molecule has 0 heterocycles. The second-order valence-corrected chi connectivity index (χ2v) is 11.4. The minimum Gasteiger partial charge on any atom is -0.465 e. The highest BCUT2D eigenvalue weighted by molar-refractivity contribution is 5.69. The molecule has 1 aliphatic rings. The smallest absolute Gasteiger partial charge is 0.305 e. The first-order chi connectivity index (χ1) is 20.8. The van der Waals surface area contributed by atoms with Gasteiger partial charge in [-0.15, -0.1) is 0 Å². The number of hydrogen-bond acceptors (Lipinski definition) is 9. The lowest BCUT2D eigenvalue weighted by Gasteiger charge is -2.28. The fourth-order valence-electron chi connectivity index (χ4n) is 5.32. The first-order valence-electron chi connectivity index (χ1n) is 14.8. The Kier molecular flexibility index (Phi) is 17.4. The van der Waals surface area contributed by atoms with Gasteiger partial charge in [-0.1, -0.05) is 59.6 Å². The average molecular weight is 603 g/mol. The van der Waals surface area contributed by atoms with E-state index in [4.69, 9.17) is 25.3 Å². The molecule has 0 aliphatic heterocycles. The Balaban J connectivity index is 1.70. The van der Waals surface area contributed by atoms with E-state index in [-0.39, 0.29) is 57.5 Å². The number of hydrogen-bond donors (Lipinski definition) is 3. The van der Waals surface area contributed by atoms with Crippen LogP contribution in [0.3, 0.4) is 0 Å². The molecule has 0 radical (unpaired) electrons. The van der Waals surface area contributed by atoms with Crippen molar-refractivity contribution in [2.75, 3.05) is 33.3 Å². The minimum absolute atomic E-state index is 0.0123. The van der Waals surface area contributed by atoms with Crippen LogP contribution in [0, 0.1) is 17.3 Å². The number of azide groups is 2. The maximum absolute atomic E-state index is 12.3. The predicted molar refractivity (Wildman–Crippen MR) is 160 cm³/mol. The van der Waals surface area contributed by atoms with Crippen molar-refractivity contribution in [3.8, 4) is 0 Å². The topological polar surface area (TPSA) is 203 Å². The van der Waals surface area contributed by atoms with E-state index in [0.717, 1.165) is 6.42 Å². The van der Waals surface area contributed by atoms with Crippen LogP contribution in [0.25, 0.3) is 20.9 Å². The highest BCUT2D eigenvalue weighted by Gasteiger charge is 2.40. The van der Waals surface area contributed by atoms with Crippen LogP contribution in [0.15, 0.2) is 52.7 Å². The molecule has 13 nitrogen and oxygen atoms in total. The van der Waals surface area contributed by atoms with Crippen molar-refractivity contribution in [2.24, 2.45) is 27.5 Å². The van der Waals surface area contributed by atoms with E-state index in [1.54, 1.807) is 6.92 Å². The Morgan fingerprint density at radius 3 is 2.33 bits per heavy atom. The Bertz CT molecular complexity index is 1040. The molecule has 5 atom stereocenters. The van der Waals surface area contributed by atoms with Crippen LogP contribution >= 0.6 is 0 Å². The first-order valence-corrected chi connectivity index (χ1v) is 14.8. The summed E-state index contributed by atoms with van der Waals surface area (Å²) in [5, 5.41) is 38.2. The molecule has 0 saturated heterocycles. The number of carbonyl (C=O) groups excluding carboxylic acids is 1. The van der Waals surface area contributed by atoms with Gasteiger partial charge in [0.2, 0.25) is 0 Å². The molecule has 0 bridgehead atoms. The third-order valence-corrected chi connectivity index (χ3v) is 7.70.